The first-order valence-electron chi connectivity index (χ1n) is 8.76. The topological polar surface area (TPSA) is 49.6 Å². The second-order valence-corrected chi connectivity index (χ2v) is 7.41. The van der Waals surface area contributed by atoms with Crippen LogP contribution in [0, 0.1) is 0 Å². The Morgan fingerprint density at radius 3 is 2.80 bits per heavy atom. The second kappa shape index (κ2) is 7.37. The number of amides is 1. The molecule has 4 rings (SSSR count). The summed E-state index contributed by atoms with van der Waals surface area (Å²) in [5.74, 6) is 0.0267. The molecule has 130 valence electrons. The summed E-state index contributed by atoms with van der Waals surface area (Å²) in [6.45, 7) is 3.11. The standard InChI is InChI=1S/C19H22N4OS/c24-18(12-16-13-23-10-11-25-19(23)20-16)21-17(14-22-8-4-5-9-22)15-6-2-1-3-7-15/h1-3,6-7,10-11,13,17H,4-5,8-9,12,14H2,(H,21,24). The molecule has 1 fully saturated rings. The highest BCUT2D eigenvalue weighted by Crippen LogP contribution is 2.18. The van der Waals surface area contributed by atoms with E-state index in [4.69, 9.17) is 0 Å². The van der Waals surface area contributed by atoms with Gasteiger partial charge < -0.3 is 10.2 Å². The van der Waals surface area contributed by atoms with E-state index in [1.807, 2.05) is 40.4 Å². The van der Waals surface area contributed by atoms with Gasteiger partial charge >= 0.3 is 0 Å². The lowest BCUT2D eigenvalue weighted by Crippen LogP contribution is -2.37. The lowest BCUT2D eigenvalue weighted by molar-refractivity contribution is -0.121. The van der Waals surface area contributed by atoms with Crippen LogP contribution in [-0.2, 0) is 11.2 Å². The summed E-state index contributed by atoms with van der Waals surface area (Å²) in [5.41, 5.74) is 1.98. The molecule has 1 aliphatic rings. The van der Waals surface area contributed by atoms with Gasteiger partial charge in [-0.05, 0) is 31.5 Å². The number of hydrogen-bond acceptors (Lipinski definition) is 4. The minimum Gasteiger partial charge on any atom is -0.348 e. The Hall–Kier alpha value is -2.18. The van der Waals surface area contributed by atoms with Gasteiger partial charge in [-0.2, -0.15) is 0 Å². The Morgan fingerprint density at radius 1 is 1.24 bits per heavy atom. The smallest absolute Gasteiger partial charge is 0.226 e. The molecule has 5 nitrogen and oxygen atoms in total. The number of benzene rings is 1. The van der Waals surface area contributed by atoms with Crippen LogP contribution in [0.5, 0.6) is 0 Å². The van der Waals surface area contributed by atoms with Crippen LogP contribution in [0.15, 0.2) is 48.1 Å². The minimum absolute atomic E-state index is 0.0236. The summed E-state index contributed by atoms with van der Waals surface area (Å²) in [7, 11) is 0. The van der Waals surface area contributed by atoms with Gasteiger partial charge in [-0.1, -0.05) is 30.3 Å². The molecule has 3 aromatic rings. The Bertz CT molecular complexity index is 807. The van der Waals surface area contributed by atoms with Crippen molar-refractivity contribution in [2.75, 3.05) is 19.6 Å². The normalized spacial score (nSPS) is 16.3. The lowest BCUT2D eigenvalue weighted by atomic mass is 10.1. The SMILES string of the molecule is O=C(Cc1cn2ccsc2n1)NC(CN1CCCC1)c1ccccc1. The van der Waals surface area contributed by atoms with E-state index in [0.29, 0.717) is 6.42 Å². The van der Waals surface area contributed by atoms with Gasteiger partial charge in [-0.15, -0.1) is 11.3 Å². The zero-order valence-electron chi connectivity index (χ0n) is 14.1. The van der Waals surface area contributed by atoms with Crippen molar-refractivity contribution in [1.82, 2.24) is 19.6 Å². The molecule has 3 heterocycles. The summed E-state index contributed by atoms with van der Waals surface area (Å²) in [6.07, 6.45) is 6.72. The summed E-state index contributed by atoms with van der Waals surface area (Å²) < 4.78 is 1.96. The zero-order chi connectivity index (χ0) is 17.1. The third kappa shape index (κ3) is 3.91. The molecule has 0 bridgehead atoms. The van der Waals surface area contributed by atoms with E-state index in [0.717, 1.165) is 35.9 Å². The first kappa shape index (κ1) is 16.3. The fourth-order valence-corrected chi connectivity index (χ4v) is 4.13. The van der Waals surface area contributed by atoms with E-state index in [1.54, 1.807) is 11.3 Å². The lowest BCUT2D eigenvalue weighted by Gasteiger charge is -2.25. The van der Waals surface area contributed by atoms with Crippen LogP contribution in [0.2, 0.25) is 0 Å². The summed E-state index contributed by atoms with van der Waals surface area (Å²) in [6, 6.07) is 10.3. The van der Waals surface area contributed by atoms with Gasteiger partial charge in [0.25, 0.3) is 0 Å². The van der Waals surface area contributed by atoms with Crippen LogP contribution in [0.25, 0.3) is 4.96 Å². The molecule has 6 heteroatoms. The molecule has 0 radical (unpaired) electrons. The summed E-state index contributed by atoms with van der Waals surface area (Å²) >= 11 is 1.58. The Kier molecular flexibility index (Phi) is 4.81. The minimum atomic E-state index is 0.0236. The number of carbonyl (C=O) groups excluding carboxylic acids is 1. The molecule has 0 saturated carbocycles. The fraction of sp³-hybridized carbons (Fsp3) is 0.368. The maximum atomic E-state index is 12.6. The zero-order valence-corrected chi connectivity index (χ0v) is 14.9. The molecule has 1 aliphatic heterocycles. The number of fused-ring (bicyclic) bond motifs is 1. The fourth-order valence-electron chi connectivity index (χ4n) is 3.41. The summed E-state index contributed by atoms with van der Waals surface area (Å²) in [4.78, 5) is 20.5. The number of thiazole rings is 1. The molecule has 25 heavy (non-hydrogen) atoms. The van der Waals surface area contributed by atoms with Gasteiger partial charge in [-0.25, -0.2) is 4.98 Å². The van der Waals surface area contributed by atoms with E-state index in [2.05, 4.69) is 27.3 Å². The van der Waals surface area contributed by atoms with Gasteiger partial charge in [0.05, 0.1) is 18.2 Å². The van der Waals surface area contributed by atoms with Crippen molar-refractivity contribution < 1.29 is 4.79 Å². The number of aromatic nitrogens is 2. The predicted molar refractivity (Wildman–Crippen MR) is 99.8 cm³/mol. The second-order valence-electron chi connectivity index (χ2n) is 6.54. The number of hydrogen-bond donors (Lipinski definition) is 1. The van der Waals surface area contributed by atoms with E-state index in [9.17, 15) is 4.79 Å². The van der Waals surface area contributed by atoms with Crippen LogP contribution in [0.4, 0.5) is 0 Å². The highest BCUT2D eigenvalue weighted by Gasteiger charge is 2.21. The van der Waals surface area contributed by atoms with Gasteiger partial charge in [-0.3, -0.25) is 9.20 Å². The molecular formula is C19H22N4OS. The number of likely N-dealkylation sites (tertiary alicyclic amines) is 1. The monoisotopic (exact) mass is 354 g/mol. The molecule has 0 spiro atoms. The average molecular weight is 354 g/mol. The third-order valence-electron chi connectivity index (χ3n) is 4.66. The largest absolute Gasteiger partial charge is 0.348 e. The molecule has 1 unspecified atom stereocenters. The van der Waals surface area contributed by atoms with Crippen molar-refractivity contribution >= 4 is 22.2 Å². The third-order valence-corrected chi connectivity index (χ3v) is 5.43. The summed E-state index contributed by atoms with van der Waals surface area (Å²) in [5, 5.41) is 5.21. The maximum Gasteiger partial charge on any atom is 0.226 e. The first-order chi connectivity index (χ1) is 12.3. The van der Waals surface area contributed by atoms with Crippen molar-refractivity contribution in [3.8, 4) is 0 Å². The van der Waals surface area contributed by atoms with Crippen LogP contribution < -0.4 is 5.32 Å². The number of nitrogens with zero attached hydrogens (tertiary/aromatic N) is 3. The maximum absolute atomic E-state index is 12.6. The molecular weight excluding hydrogens is 332 g/mol. The highest BCUT2D eigenvalue weighted by atomic mass is 32.1. The molecule has 1 aromatic carbocycles. The van der Waals surface area contributed by atoms with Crippen molar-refractivity contribution in [2.24, 2.45) is 0 Å². The van der Waals surface area contributed by atoms with Crippen molar-refractivity contribution in [1.29, 1.82) is 0 Å². The van der Waals surface area contributed by atoms with Crippen LogP contribution >= 0.6 is 11.3 Å². The van der Waals surface area contributed by atoms with Gasteiger partial charge in [0.15, 0.2) is 4.96 Å². The van der Waals surface area contributed by atoms with E-state index in [-0.39, 0.29) is 11.9 Å². The van der Waals surface area contributed by atoms with E-state index < -0.39 is 0 Å². The Morgan fingerprint density at radius 2 is 2.04 bits per heavy atom. The molecule has 1 saturated heterocycles. The van der Waals surface area contributed by atoms with E-state index in [1.165, 1.54) is 12.8 Å². The number of rotatable bonds is 6. The van der Waals surface area contributed by atoms with Crippen LogP contribution in [0.3, 0.4) is 0 Å². The van der Waals surface area contributed by atoms with Gasteiger partial charge in [0, 0.05) is 24.3 Å². The quantitative estimate of drug-likeness (QED) is 0.740. The molecule has 2 aromatic heterocycles. The van der Waals surface area contributed by atoms with Gasteiger partial charge in [0.2, 0.25) is 5.91 Å². The van der Waals surface area contributed by atoms with Crippen LogP contribution in [-0.4, -0.2) is 39.8 Å². The number of carbonyl (C=O) groups is 1. The van der Waals surface area contributed by atoms with Crippen molar-refractivity contribution in [3.63, 3.8) is 0 Å². The predicted octanol–water partition coefficient (Wildman–Crippen LogP) is 2.89. The van der Waals surface area contributed by atoms with Crippen molar-refractivity contribution in [3.05, 3.63) is 59.4 Å². The number of nitrogens with one attached hydrogen (secondary N) is 1. The first-order valence-corrected chi connectivity index (χ1v) is 9.63. The Labute approximate surface area is 151 Å². The Balaban J connectivity index is 1.44. The average Bonchev–Trinajstić information content (AvgIpc) is 3.32. The van der Waals surface area contributed by atoms with Gasteiger partial charge in [0.1, 0.15) is 0 Å². The molecule has 1 N–H and O–H groups in total. The molecule has 0 aliphatic carbocycles. The number of imidazole rings is 1. The molecule has 1 amide bonds. The van der Waals surface area contributed by atoms with E-state index >= 15 is 0 Å². The van der Waals surface area contributed by atoms with Crippen LogP contribution in [0.1, 0.15) is 30.1 Å². The highest BCUT2D eigenvalue weighted by molar-refractivity contribution is 7.15. The molecule has 1 atom stereocenters. The van der Waals surface area contributed by atoms with Crippen molar-refractivity contribution in [2.45, 2.75) is 25.3 Å².